The Morgan fingerprint density at radius 3 is 1.74 bits per heavy atom. The molecule has 1 aliphatic rings. The number of benzene rings is 3. The number of fused-ring (bicyclic) bond motifs is 3. The summed E-state index contributed by atoms with van der Waals surface area (Å²) in [4.78, 5) is 43.5. The zero-order chi connectivity index (χ0) is 31.1. The highest BCUT2D eigenvalue weighted by atomic mass is 16.6. The van der Waals surface area contributed by atoms with Crippen molar-refractivity contribution in [2.75, 3.05) is 20.7 Å². The third-order valence-corrected chi connectivity index (χ3v) is 8.08. The SMILES string of the molecule is CC(C)C[C@@H](C(=O)N(C)[C@@H](CC(C)C)C(=O)OCc1ccccc1)N(C)C(=O)OCC1c2ccccc2-c2ccccc21. The Morgan fingerprint density at radius 1 is 0.674 bits per heavy atom. The molecule has 3 aromatic carbocycles. The number of amides is 2. The minimum Gasteiger partial charge on any atom is -0.459 e. The number of ether oxygens (including phenoxy) is 2. The number of rotatable bonds is 12. The van der Waals surface area contributed by atoms with E-state index < -0.39 is 24.1 Å². The molecule has 2 atom stereocenters. The maximum Gasteiger partial charge on any atom is 0.410 e. The zero-order valence-electron chi connectivity index (χ0n) is 26.2. The van der Waals surface area contributed by atoms with Gasteiger partial charge < -0.3 is 14.4 Å². The van der Waals surface area contributed by atoms with Gasteiger partial charge in [0.2, 0.25) is 5.91 Å². The van der Waals surface area contributed by atoms with Crippen LogP contribution in [0.1, 0.15) is 63.1 Å². The van der Waals surface area contributed by atoms with Crippen LogP contribution in [0.3, 0.4) is 0 Å². The van der Waals surface area contributed by atoms with Crippen LogP contribution in [0.4, 0.5) is 4.79 Å². The fourth-order valence-corrected chi connectivity index (χ4v) is 5.77. The summed E-state index contributed by atoms with van der Waals surface area (Å²) in [7, 11) is 3.22. The second-order valence-electron chi connectivity index (χ2n) is 12.2. The molecule has 0 heterocycles. The van der Waals surface area contributed by atoms with Gasteiger partial charge >= 0.3 is 12.1 Å². The number of hydrogen-bond donors (Lipinski definition) is 0. The van der Waals surface area contributed by atoms with Gasteiger partial charge in [0.1, 0.15) is 25.3 Å². The summed E-state index contributed by atoms with van der Waals surface area (Å²) >= 11 is 0. The fourth-order valence-electron chi connectivity index (χ4n) is 5.77. The van der Waals surface area contributed by atoms with Gasteiger partial charge in [-0.25, -0.2) is 9.59 Å². The van der Waals surface area contributed by atoms with Gasteiger partial charge in [0.25, 0.3) is 0 Å². The third-order valence-electron chi connectivity index (χ3n) is 8.08. The van der Waals surface area contributed by atoms with Crippen molar-refractivity contribution in [2.45, 2.75) is 65.1 Å². The summed E-state index contributed by atoms with van der Waals surface area (Å²) in [6.07, 6.45) is 0.303. The minimum absolute atomic E-state index is 0.0820. The first-order valence-corrected chi connectivity index (χ1v) is 15.1. The molecule has 0 fully saturated rings. The van der Waals surface area contributed by atoms with E-state index in [0.29, 0.717) is 12.8 Å². The lowest BCUT2D eigenvalue weighted by atomic mass is 9.98. The molecule has 7 heteroatoms. The van der Waals surface area contributed by atoms with E-state index in [1.54, 1.807) is 14.1 Å². The van der Waals surface area contributed by atoms with E-state index in [1.165, 1.54) is 9.80 Å². The van der Waals surface area contributed by atoms with Crippen molar-refractivity contribution >= 4 is 18.0 Å². The molecule has 0 bridgehead atoms. The average Bonchev–Trinajstić information content (AvgIpc) is 3.33. The van der Waals surface area contributed by atoms with Crippen LogP contribution in [-0.4, -0.2) is 60.6 Å². The Bertz CT molecular complexity index is 1360. The Balaban J connectivity index is 1.47. The van der Waals surface area contributed by atoms with E-state index in [4.69, 9.17) is 9.47 Å². The van der Waals surface area contributed by atoms with E-state index >= 15 is 0 Å². The first kappa shape index (κ1) is 31.8. The highest BCUT2D eigenvalue weighted by molar-refractivity contribution is 5.89. The summed E-state index contributed by atoms with van der Waals surface area (Å²) in [6, 6.07) is 24.2. The van der Waals surface area contributed by atoms with Crippen molar-refractivity contribution in [3.63, 3.8) is 0 Å². The summed E-state index contributed by atoms with van der Waals surface area (Å²) < 4.78 is 11.5. The van der Waals surface area contributed by atoms with Gasteiger partial charge in [0, 0.05) is 20.0 Å². The molecule has 1 aliphatic carbocycles. The molecular formula is C36H44N2O5. The quantitative estimate of drug-likeness (QED) is 0.217. The molecule has 2 amide bonds. The maximum absolute atomic E-state index is 14.0. The molecule has 7 nitrogen and oxygen atoms in total. The van der Waals surface area contributed by atoms with Crippen LogP contribution in [0.5, 0.6) is 0 Å². The number of carbonyl (C=O) groups excluding carboxylic acids is 3. The molecule has 0 N–H and O–H groups in total. The summed E-state index contributed by atoms with van der Waals surface area (Å²) in [6.45, 7) is 8.31. The Kier molecular flexibility index (Phi) is 10.6. The number of nitrogens with zero attached hydrogens (tertiary/aromatic N) is 2. The van der Waals surface area contributed by atoms with Gasteiger partial charge in [-0.1, -0.05) is 107 Å². The molecule has 0 aliphatic heterocycles. The Labute approximate surface area is 255 Å². The molecule has 0 radical (unpaired) electrons. The maximum atomic E-state index is 14.0. The molecule has 0 saturated carbocycles. The predicted octanol–water partition coefficient (Wildman–Crippen LogP) is 6.90. The van der Waals surface area contributed by atoms with Gasteiger partial charge in [-0.2, -0.15) is 0 Å². The van der Waals surface area contributed by atoms with Crippen LogP contribution < -0.4 is 0 Å². The molecule has 0 spiro atoms. The van der Waals surface area contributed by atoms with Crippen molar-refractivity contribution < 1.29 is 23.9 Å². The monoisotopic (exact) mass is 584 g/mol. The number of carbonyl (C=O) groups is 3. The normalized spacial score (nSPS) is 13.7. The van der Waals surface area contributed by atoms with Crippen LogP contribution >= 0.6 is 0 Å². The van der Waals surface area contributed by atoms with Crippen LogP contribution in [0, 0.1) is 11.8 Å². The van der Waals surface area contributed by atoms with Crippen molar-refractivity contribution in [3.8, 4) is 11.1 Å². The van der Waals surface area contributed by atoms with Gasteiger partial charge in [-0.05, 0) is 52.5 Å². The molecule has 0 aromatic heterocycles. The first-order chi connectivity index (χ1) is 20.6. The Hall–Kier alpha value is -4.13. The van der Waals surface area contributed by atoms with E-state index in [-0.39, 0.29) is 36.9 Å². The second-order valence-corrected chi connectivity index (χ2v) is 12.2. The highest BCUT2D eigenvalue weighted by Crippen LogP contribution is 2.44. The van der Waals surface area contributed by atoms with E-state index in [2.05, 4.69) is 24.3 Å². The predicted molar refractivity (Wildman–Crippen MR) is 168 cm³/mol. The van der Waals surface area contributed by atoms with E-state index in [0.717, 1.165) is 27.8 Å². The first-order valence-electron chi connectivity index (χ1n) is 15.1. The smallest absolute Gasteiger partial charge is 0.410 e. The molecule has 3 aromatic rings. The molecule has 0 unspecified atom stereocenters. The van der Waals surface area contributed by atoms with Crippen molar-refractivity contribution in [1.29, 1.82) is 0 Å². The lowest BCUT2D eigenvalue weighted by Gasteiger charge is -2.35. The average molecular weight is 585 g/mol. The van der Waals surface area contributed by atoms with Gasteiger partial charge in [-0.3, -0.25) is 9.69 Å². The van der Waals surface area contributed by atoms with Crippen molar-refractivity contribution in [2.24, 2.45) is 11.8 Å². The van der Waals surface area contributed by atoms with Crippen LogP contribution in [0.2, 0.25) is 0 Å². The molecular weight excluding hydrogens is 540 g/mol. The minimum atomic E-state index is -0.794. The summed E-state index contributed by atoms with van der Waals surface area (Å²) in [5.74, 6) is -0.582. The van der Waals surface area contributed by atoms with Crippen LogP contribution in [-0.2, 0) is 25.7 Å². The molecule has 43 heavy (non-hydrogen) atoms. The molecule has 228 valence electrons. The van der Waals surface area contributed by atoms with E-state index in [1.807, 2.05) is 82.3 Å². The van der Waals surface area contributed by atoms with Gasteiger partial charge in [-0.15, -0.1) is 0 Å². The molecule has 0 saturated heterocycles. The summed E-state index contributed by atoms with van der Waals surface area (Å²) in [5.41, 5.74) is 5.42. The topological polar surface area (TPSA) is 76.2 Å². The number of likely N-dealkylation sites (N-methyl/N-ethyl adjacent to an activating group) is 2. The summed E-state index contributed by atoms with van der Waals surface area (Å²) in [5, 5.41) is 0. The van der Waals surface area contributed by atoms with Gasteiger partial charge in [0.05, 0.1) is 0 Å². The van der Waals surface area contributed by atoms with E-state index in [9.17, 15) is 14.4 Å². The Morgan fingerprint density at radius 2 is 1.19 bits per heavy atom. The van der Waals surface area contributed by atoms with Crippen molar-refractivity contribution in [1.82, 2.24) is 9.80 Å². The fraction of sp³-hybridized carbons (Fsp3) is 0.417. The highest BCUT2D eigenvalue weighted by Gasteiger charge is 2.37. The second kappa shape index (κ2) is 14.4. The third kappa shape index (κ3) is 7.64. The zero-order valence-corrected chi connectivity index (χ0v) is 26.2. The van der Waals surface area contributed by atoms with Crippen LogP contribution in [0.15, 0.2) is 78.9 Å². The van der Waals surface area contributed by atoms with Crippen LogP contribution in [0.25, 0.3) is 11.1 Å². The van der Waals surface area contributed by atoms with Gasteiger partial charge in [0.15, 0.2) is 0 Å². The lowest BCUT2D eigenvalue weighted by Crippen LogP contribution is -2.53. The largest absolute Gasteiger partial charge is 0.459 e. The number of hydrogen-bond acceptors (Lipinski definition) is 5. The molecule has 4 rings (SSSR count). The lowest BCUT2D eigenvalue weighted by molar-refractivity contribution is -0.157. The number of esters is 1. The standard InChI is InChI=1S/C36H44N2O5/c1-24(2)20-32(34(39)37(5)33(21-25(3)4)35(40)42-22-26-14-8-7-9-15-26)38(6)36(41)43-23-31-29-18-12-10-16-27(29)28-17-11-13-19-30(28)31/h7-19,24-25,31-33H,20-23H2,1-6H3/t32-,33-/m0/s1. The van der Waals surface area contributed by atoms with Crippen molar-refractivity contribution in [3.05, 3.63) is 95.6 Å².